The zero-order valence-electron chi connectivity index (χ0n) is 22.8. The molecule has 3 N–H and O–H groups in total. The van der Waals surface area contributed by atoms with E-state index in [1.165, 1.54) is 5.56 Å². The molecule has 40 heavy (non-hydrogen) atoms. The summed E-state index contributed by atoms with van der Waals surface area (Å²) in [6, 6.07) is 24.7. The lowest BCUT2D eigenvalue weighted by molar-refractivity contribution is -0.140. The number of carboxylic acids is 1. The average Bonchev–Trinajstić information content (AvgIpc) is 3.39. The van der Waals surface area contributed by atoms with Gasteiger partial charge < -0.3 is 20.5 Å². The quantitative estimate of drug-likeness (QED) is 0.371. The van der Waals surface area contributed by atoms with Crippen LogP contribution in [-0.2, 0) is 20.9 Å². The molecule has 0 aromatic heterocycles. The van der Waals surface area contributed by atoms with Gasteiger partial charge in [0, 0.05) is 31.6 Å². The number of alkyl carbamates (subject to hydrolysis) is 1. The molecule has 5 rings (SSSR count). The number of aliphatic carboxylic acids is 1. The molecule has 1 saturated heterocycles. The summed E-state index contributed by atoms with van der Waals surface area (Å²) in [5, 5.41) is 15.0. The number of fused-ring (bicyclic) bond motifs is 3. The minimum Gasteiger partial charge on any atom is -0.481 e. The van der Waals surface area contributed by atoms with Gasteiger partial charge in [-0.2, -0.15) is 0 Å². The first-order chi connectivity index (χ1) is 19.2. The van der Waals surface area contributed by atoms with E-state index in [0.29, 0.717) is 6.54 Å². The van der Waals surface area contributed by atoms with Crippen molar-refractivity contribution in [2.45, 2.75) is 44.8 Å². The lowest BCUT2D eigenvalue weighted by atomic mass is 9.87. The SMILES string of the molecule is CC1(C)CN(Cc2ccccc2)CC1NC(=O)C(CC(=O)O)NC(=O)OCC1c2ccccc2-c2ccccc21. The Balaban J connectivity index is 1.21. The number of hydrogen-bond acceptors (Lipinski definition) is 5. The number of nitrogens with one attached hydrogen (secondary N) is 2. The van der Waals surface area contributed by atoms with Gasteiger partial charge in [0.25, 0.3) is 0 Å². The van der Waals surface area contributed by atoms with Gasteiger partial charge in [-0.3, -0.25) is 14.5 Å². The van der Waals surface area contributed by atoms with Crippen molar-refractivity contribution in [3.63, 3.8) is 0 Å². The highest BCUT2D eigenvalue weighted by molar-refractivity contribution is 5.89. The number of likely N-dealkylation sites (tertiary alicyclic amines) is 1. The van der Waals surface area contributed by atoms with Crippen LogP contribution in [0.15, 0.2) is 78.9 Å². The van der Waals surface area contributed by atoms with Crippen molar-refractivity contribution in [2.75, 3.05) is 19.7 Å². The lowest BCUT2D eigenvalue weighted by Gasteiger charge is -2.28. The van der Waals surface area contributed by atoms with Crippen molar-refractivity contribution < 1.29 is 24.2 Å². The highest BCUT2D eigenvalue weighted by atomic mass is 16.5. The van der Waals surface area contributed by atoms with E-state index in [1.807, 2.05) is 66.7 Å². The lowest BCUT2D eigenvalue weighted by Crippen LogP contribution is -2.53. The molecule has 3 aromatic carbocycles. The monoisotopic (exact) mass is 541 g/mol. The molecule has 8 heteroatoms. The van der Waals surface area contributed by atoms with Crippen molar-refractivity contribution in [2.24, 2.45) is 5.41 Å². The number of nitrogens with zero attached hydrogens (tertiary/aromatic N) is 1. The molecule has 1 aliphatic carbocycles. The molecule has 2 aliphatic rings. The molecule has 208 valence electrons. The van der Waals surface area contributed by atoms with Crippen LogP contribution in [0.5, 0.6) is 0 Å². The second-order valence-corrected chi connectivity index (χ2v) is 11.3. The van der Waals surface area contributed by atoms with E-state index in [4.69, 9.17) is 4.74 Å². The van der Waals surface area contributed by atoms with Crippen LogP contribution in [0.25, 0.3) is 11.1 Å². The van der Waals surface area contributed by atoms with Gasteiger partial charge in [-0.05, 0) is 33.2 Å². The van der Waals surface area contributed by atoms with Crippen LogP contribution >= 0.6 is 0 Å². The number of ether oxygens (including phenoxy) is 1. The van der Waals surface area contributed by atoms with Crippen molar-refractivity contribution >= 4 is 18.0 Å². The zero-order valence-corrected chi connectivity index (χ0v) is 22.8. The van der Waals surface area contributed by atoms with Gasteiger partial charge >= 0.3 is 12.1 Å². The molecule has 0 radical (unpaired) electrons. The average molecular weight is 542 g/mol. The Morgan fingerprint density at radius 3 is 2.17 bits per heavy atom. The fourth-order valence-electron chi connectivity index (χ4n) is 5.90. The Morgan fingerprint density at radius 2 is 1.55 bits per heavy atom. The zero-order chi connectivity index (χ0) is 28.3. The number of benzene rings is 3. The highest BCUT2D eigenvalue weighted by Crippen LogP contribution is 2.44. The Bertz CT molecular complexity index is 1340. The number of rotatable bonds is 9. The first-order valence-electron chi connectivity index (χ1n) is 13.6. The van der Waals surface area contributed by atoms with E-state index >= 15 is 0 Å². The molecule has 2 atom stereocenters. The predicted octanol–water partition coefficient (Wildman–Crippen LogP) is 4.40. The van der Waals surface area contributed by atoms with E-state index in [2.05, 4.69) is 41.5 Å². The molecule has 0 spiro atoms. The van der Waals surface area contributed by atoms with Crippen LogP contribution in [0.2, 0.25) is 0 Å². The maximum Gasteiger partial charge on any atom is 0.407 e. The van der Waals surface area contributed by atoms with Gasteiger partial charge in [0.15, 0.2) is 0 Å². The van der Waals surface area contributed by atoms with Gasteiger partial charge in [-0.25, -0.2) is 4.79 Å². The van der Waals surface area contributed by atoms with Gasteiger partial charge in [-0.1, -0.05) is 92.7 Å². The summed E-state index contributed by atoms with van der Waals surface area (Å²) < 4.78 is 5.57. The largest absolute Gasteiger partial charge is 0.481 e. The second kappa shape index (κ2) is 11.5. The summed E-state index contributed by atoms with van der Waals surface area (Å²) in [5.74, 6) is -1.86. The third-order valence-corrected chi connectivity index (χ3v) is 7.91. The molecule has 8 nitrogen and oxygen atoms in total. The fraction of sp³-hybridized carbons (Fsp3) is 0.344. The van der Waals surface area contributed by atoms with E-state index < -0.39 is 30.4 Å². The smallest absolute Gasteiger partial charge is 0.407 e. The summed E-state index contributed by atoms with van der Waals surface area (Å²) in [5.41, 5.74) is 5.30. The maximum atomic E-state index is 13.2. The molecule has 2 amide bonds. The number of carbonyl (C=O) groups excluding carboxylic acids is 2. The summed E-state index contributed by atoms with van der Waals surface area (Å²) in [4.78, 5) is 39.9. The molecule has 0 bridgehead atoms. The number of amides is 2. The molecule has 0 saturated carbocycles. The second-order valence-electron chi connectivity index (χ2n) is 11.3. The fourth-order valence-corrected chi connectivity index (χ4v) is 5.90. The van der Waals surface area contributed by atoms with Crippen LogP contribution in [0.3, 0.4) is 0 Å². The number of hydrogen-bond donors (Lipinski definition) is 3. The molecule has 2 unspecified atom stereocenters. The topological polar surface area (TPSA) is 108 Å². The van der Waals surface area contributed by atoms with Gasteiger partial charge in [-0.15, -0.1) is 0 Å². The minimum atomic E-state index is -1.26. The van der Waals surface area contributed by atoms with Crippen molar-refractivity contribution in [3.8, 4) is 11.1 Å². The Kier molecular flexibility index (Phi) is 7.89. The minimum absolute atomic E-state index is 0.0748. The molecular formula is C32H35N3O5. The van der Waals surface area contributed by atoms with Crippen molar-refractivity contribution in [3.05, 3.63) is 95.6 Å². The van der Waals surface area contributed by atoms with Gasteiger partial charge in [0.05, 0.1) is 6.42 Å². The third-order valence-electron chi connectivity index (χ3n) is 7.91. The molecular weight excluding hydrogens is 506 g/mol. The summed E-state index contributed by atoms with van der Waals surface area (Å²) in [6.45, 7) is 6.38. The molecule has 1 aliphatic heterocycles. The van der Waals surface area contributed by atoms with Gasteiger partial charge in [0.1, 0.15) is 12.6 Å². The molecule has 3 aromatic rings. The van der Waals surface area contributed by atoms with Gasteiger partial charge in [0.2, 0.25) is 5.91 Å². The first-order valence-corrected chi connectivity index (χ1v) is 13.6. The molecule has 1 heterocycles. The van der Waals surface area contributed by atoms with Crippen LogP contribution in [-0.4, -0.2) is 59.8 Å². The summed E-state index contributed by atoms with van der Waals surface area (Å²) >= 11 is 0. The van der Waals surface area contributed by atoms with Crippen LogP contribution in [0.1, 0.15) is 42.9 Å². The van der Waals surface area contributed by atoms with E-state index in [-0.39, 0.29) is 24.0 Å². The highest BCUT2D eigenvalue weighted by Gasteiger charge is 2.41. The predicted molar refractivity (Wildman–Crippen MR) is 152 cm³/mol. The van der Waals surface area contributed by atoms with E-state index in [0.717, 1.165) is 35.3 Å². The van der Waals surface area contributed by atoms with Crippen LogP contribution in [0.4, 0.5) is 4.79 Å². The summed E-state index contributed by atoms with van der Waals surface area (Å²) in [6.07, 6.45) is -1.36. The first kappa shape index (κ1) is 27.4. The number of carbonyl (C=O) groups is 3. The van der Waals surface area contributed by atoms with Crippen molar-refractivity contribution in [1.29, 1.82) is 0 Å². The van der Waals surface area contributed by atoms with Crippen molar-refractivity contribution in [1.82, 2.24) is 15.5 Å². The van der Waals surface area contributed by atoms with Crippen LogP contribution < -0.4 is 10.6 Å². The van der Waals surface area contributed by atoms with Crippen LogP contribution in [0, 0.1) is 5.41 Å². The van der Waals surface area contributed by atoms with E-state index in [9.17, 15) is 19.5 Å². The normalized spacial score (nSPS) is 18.4. The third kappa shape index (κ3) is 6.02. The Hall–Kier alpha value is -4.17. The Morgan fingerprint density at radius 1 is 0.950 bits per heavy atom. The number of carboxylic acid groups (broad SMARTS) is 1. The standard InChI is InChI=1S/C32H35N3O5/c1-32(2)20-35(17-21-10-4-3-5-11-21)18-28(32)34-30(38)27(16-29(36)37)33-31(39)40-19-26-24-14-8-6-12-22(24)23-13-7-9-15-25(23)26/h3-15,26-28H,16-20H2,1-2H3,(H,33,39)(H,34,38)(H,36,37). The summed E-state index contributed by atoms with van der Waals surface area (Å²) in [7, 11) is 0. The molecule has 1 fully saturated rings. The Labute approximate surface area is 234 Å². The van der Waals surface area contributed by atoms with E-state index in [1.54, 1.807) is 0 Å². The maximum absolute atomic E-state index is 13.2.